The molecule has 2 aromatic carbocycles. The highest BCUT2D eigenvalue weighted by Gasteiger charge is 2.05. The molecule has 8 heteroatoms. The Morgan fingerprint density at radius 2 is 1.04 bits per heavy atom. The van der Waals surface area contributed by atoms with Crippen molar-refractivity contribution in [1.29, 1.82) is 0 Å². The summed E-state index contributed by atoms with van der Waals surface area (Å²) in [5.74, 6) is 0.505. The number of hydrogen-bond acceptors (Lipinski definition) is 6. The first-order valence-corrected chi connectivity index (χ1v) is 10.00. The molecule has 0 radical (unpaired) electrons. The first-order chi connectivity index (χ1) is 12.5. The number of benzene rings is 2. The highest BCUT2D eigenvalue weighted by Crippen LogP contribution is 2.19. The molecule has 26 heavy (non-hydrogen) atoms. The van der Waals surface area contributed by atoms with Crippen molar-refractivity contribution >= 4 is 46.7 Å². The Kier molecular flexibility index (Phi) is 8.17. The van der Waals surface area contributed by atoms with Crippen LogP contribution in [-0.2, 0) is 9.59 Å². The quantitative estimate of drug-likeness (QED) is 0.296. The van der Waals surface area contributed by atoms with E-state index in [1.54, 1.807) is 24.3 Å². The molecule has 0 aromatic heterocycles. The standard InChI is InChI=1S/C18H22N4O2S2/c19-13-1-5-15(6-2-13)25-11-17(23)21-9-10-22-18(24)12-26-16-7-3-14(20)4-8-16/h1-8H,9-12,19-20H2,(H,21,23)(H,22,24). The third-order valence-electron chi connectivity index (χ3n) is 3.27. The van der Waals surface area contributed by atoms with Gasteiger partial charge in [-0.25, -0.2) is 0 Å². The van der Waals surface area contributed by atoms with Gasteiger partial charge in [-0.15, -0.1) is 23.5 Å². The number of carbonyl (C=O) groups excluding carboxylic acids is 2. The summed E-state index contributed by atoms with van der Waals surface area (Å²) < 4.78 is 0. The van der Waals surface area contributed by atoms with E-state index in [-0.39, 0.29) is 11.8 Å². The molecule has 6 N–H and O–H groups in total. The molecule has 0 bridgehead atoms. The van der Waals surface area contributed by atoms with Crippen LogP contribution in [0.5, 0.6) is 0 Å². The van der Waals surface area contributed by atoms with Gasteiger partial charge in [0.1, 0.15) is 0 Å². The molecule has 138 valence electrons. The third kappa shape index (κ3) is 7.71. The smallest absolute Gasteiger partial charge is 0.230 e. The molecule has 0 spiro atoms. The summed E-state index contributed by atoms with van der Waals surface area (Å²) in [5.41, 5.74) is 12.6. The maximum Gasteiger partial charge on any atom is 0.230 e. The molecule has 0 fully saturated rings. The zero-order valence-corrected chi connectivity index (χ0v) is 15.9. The number of hydrogen-bond donors (Lipinski definition) is 4. The fourth-order valence-corrected chi connectivity index (χ4v) is 3.39. The molecule has 2 amide bonds. The molecule has 0 aliphatic rings. The Morgan fingerprint density at radius 3 is 1.38 bits per heavy atom. The maximum absolute atomic E-state index is 11.8. The van der Waals surface area contributed by atoms with Gasteiger partial charge in [-0.1, -0.05) is 0 Å². The summed E-state index contributed by atoms with van der Waals surface area (Å²) in [6, 6.07) is 14.7. The van der Waals surface area contributed by atoms with Gasteiger partial charge >= 0.3 is 0 Å². The van der Waals surface area contributed by atoms with Crippen molar-refractivity contribution in [2.45, 2.75) is 9.79 Å². The number of carbonyl (C=O) groups is 2. The van der Waals surface area contributed by atoms with E-state index in [2.05, 4.69) is 10.6 Å². The number of amides is 2. The molecule has 0 aliphatic carbocycles. The van der Waals surface area contributed by atoms with Gasteiger partial charge in [0.05, 0.1) is 11.5 Å². The summed E-state index contributed by atoms with van der Waals surface area (Å²) in [7, 11) is 0. The monoisotopic (exact) mass is 390 g/mol. The van der Waals surface area contributed by atoms with E-state index >= 15 is 0 Å². The second kappa shape index (κ2) is 10.6. The molecule has 6 nitrogen and oxygen atoms in total. The van der Waals surface area contributed by atoms with Gasteiger partial charge < -0.3 is 22.1 Å². The van der Waals surface area contributed by atoms with Gasteiger partial charge in [0.2, 0.25) is 11.8 Å². The van der Waals surface area contributed by atoms with Crippen LogP contribution in [0.1, 0.15) is 0 Å². The summed E-state index contributed by atoms with van der Waals surface area (Å²) in [4.78, 5) is 25.5. The molecular weight excluding hydrogens is 368 g/mol. The molecule has 0 aliphatic heterocycles. The summed E-state index contributed by atoms with van der Waals surface area (Å²) >= 11 is 2.88. The van der Waals surface area contributed by atoms with Gasteiger partial charge in [-0.05, 0) is 48.5 Å². The van der Waals surface area contributed by atoms with Crippen LogP contribution in [0.2, 0.25) is 0 Å². The Labute approximate surface area is 161 Å². The van der Waals surface area contributed by atoms with E-state index in [9.17, 15) is 9.59 Å². The van der Waals surface area contributed by atoms with Crippen LogP contribution in [0.25, 0.3) is 0 Å². The van der Waals surface area contributed by atoms with Gasteiger partial charge in [0, 0.05) is 34.3 Å². The van der Waals surface area contributed by atoms with Crippen molar-refractivity contribution in [3.05, 3.63) is 48.5 Å². The molecule has 0 saturated heterocycles. The summed E-state index contributed by atoms with van der Waals surface area (Å²) in [6.07, 6.45) is 0. The Bertz CT molecular complexity index is 657. The minimum atomic E-state index is -0.0719. The molecule has 0 saturated carbocycles. The van der Waals surface area contributed by atoms with Crippen molar-refractivity contribution in [3.8, 4) is 0 Å². The van der Waals surface area contributed by atoms with Gasteiger partial charge in [0.25, 0.3) is 0 Å². The van der Waals surface area contributed by atoms with Gasteiger partial charge in [0.15, 0.2) is 0 Å². The second-order valence-electron chi connectivity index (χ2n) is 5.42. The predicted octanol–water partition coefficient (Wildman–Crippen LogP) is 1.97. The fraction of sp³-hybridized carbons (Fsp3) is 0.222. The van der Waals surface area contributed by atoms with Crippen LogP contribution in [-0.4, -0.2) is 36.4 Å². The van der Waals surface area contributed by atoms with Crippen molar-refractivity contribution in [1.82, 2.24) is 10.6 Å². The van der Waals surface area contributed by atoms with Crippen molar-refractivity contribution in [3.63, 3.8) is 0 Å². The topological polar surface area (TPSA) is 110 Å². The second-order valence-corrected chi connectivity index (χ2v) is 7.51. The third-order valence-corrected chi connectivity index (χ3v) is 5.29. The fourth-order valence-electron chi connectivity index (χ4n) is 1.93. The van der Waals surface area contributed by atoms with Crippen LogP contribution in [0, 0.1) is 0 Å². The SMILES string of the molecule is Nc1ccc(SCC(=O)NCCNC(=O)CSc2ccc(N)cc2)cc1. The first kappa shape index (κ1) is 20.0. The molecule has 2 rings (SSSR count). The maximum atomic E-state index is 11.8. The van der Waals surface area contributed by atoms with Crippen LogP contribution in [0.15, 0.2) is 58.3 Å². The van der Waals surface area contributed by atoms with Crippen molar-refractivity contribution < 1.29 is 9.59 Å². The summed E-state index contributed by atoms with van der Waals surface area (Å²) in [6.45, 7) is 0.804. The Balaban J connectivity index is 1.54. The van der Waals surface area contributed by atoms with E-state index in [1.807, 2.05) is 24.3 Å². The van der Waals surface area contributed by atoms with Crippen LogP contribution >= 0.6 is 23.5 Å². The minimum absolute atomic E-state index is 0.0719. The van der Waals surface area contributed by atoms with E-state index in [0.29, 0.717) is 36.0 Å². The molecule has 0 unspecified atom stereocenters. The number of anilines is 2. The largest absolute Gasteiger partial charge is 0.399 e. The average Bonchev–Trinajstić information content (AvgIpc) is 2.64. The molecule has 0 heterocycles. The lowest BCUT2D eigenvalue weighted by Gasteiger charge is -2.07. The van der Waals surface area contributed by atoms with E-state index < -0.39 is 0 Å². The zero-order valence-electron chi connectivity index (χ0n) is 14.2. The lowest BCUT2D eigenvalue weighted by atomic mass is 10.3. The van der Waals surface area contributed by atoms with Crippen molar-refractivity contribution in [2.75, 3.05) is 36.1 Å². The highest BCUT2D eigenvalue weighted by molar-refractivity contribution is 8.00. The lowest BCUT2D eigenvalue weighted by Crippen LogP contribution is -2.36. The van der Waals surface area contributed by atoms with Gasteiger partial charge in [-0.2, -0.15) is 0 Å². The number of nitrogens with one attached hydrogen (secondary N) is 2. The lowest BCUT2D eigenvalue weighted by molar-refractivity contribution is -0.120. The van der Waals surface area contributed by atoms with E-state index in [0.717, 1.165) is 9.79 Å². The Hall–Kier alpha value is -2.32. The first-order valence-electron chi connectivity index (χ1n) is 8.03. The van der Waals surface area contributed by atoms with Crippen LogP contribution in [0.4, 0.5) is 11.4 Å². The highest BCUT2D eigenvalue weighted by atomic mass is 32.2. The molecular formula is C18H22N4O2S2. The Morgan fingerprint density at radius 1 is 0.692 bits per heavy atom. The number of nitrogens with two attached hydrogens (primary N) is 2. The van der Waals surface area contributed by atoms with Crippen LogP contribution in [0.3, 0.4) is 0 Å². The number of nitrogen functional groups attached to an aromatic ring is 2. The zero-order chi connectivity index (χ0) is 18.8. The van der Waals surface area contributed by atoms with Crippen LogP contribution < -0.4 is 22.1 Å². The minimum Gasteiger partial charge on any atom is -0.399 e. The van der Waals surface area contributed by atoms with E-state index in [4.69, 9.17) is 11.5 Å². The van der Waals surface area contributed by atoms with Gasteiger partial charge in [-0.3, -0.25) is 9.59 Å². The average molecular weight is 391 g/mol. The predicted molar refractivity (Wildman–Crippen MR) is 109 cm³/mol. The van der Waals surface area contributed by atoms with Crippen molar-refractivity contribution in [2.24, 2.45) is 0 Å². The summed E-state index contributed by atoms with van der Waals surface area (Å²) in [5, 5.41) is 5.56. The van der Waals surface area contributed by atoms with E-state index in [1.165, 1.54) is 23.5 Å². The molecule has 0 atom stereocenters. The number of rotatable bonds is 9. The molecule has 2 aromatic rings. The normalized spacial score (nSPS) is 10.3. The number of thioether (sulfide) groups is 2.